The van der Waals surface area contributed by atoms with E-state index in [9.17, 15) is 4.79 Å². The van der Waals surface area contributed by atoms with E-state index in [1.807, 2.05) is 36.4 Å². The van der Waals surface area contributed by atoms with Crippen LogP contribution in [0.3, 0.4) is 0 Å². The van der Waals surface area contributed by atoms with Gasteiger partial charge in [0.05, 0.1) is 31.2 Å². The van der Waals surface area contributed by atoms with Gasteiger partial charge in [-0.1, -0.05) is 18.2 Å². The second-order valence-electron chi connectivity index (χ2n) is 5.90. The summed E-state index contributed by atoms with van der Waals surface area (Å²) in [5.74, 6) is 1.01. The number of anilines is 1. The maximum Gasteiger partial charge on any atom is 0.257 e. The quantitative estimate of drug-likeness (QED) is 0.939. The van der Waals surface area contributed by atoms with Crippen LogP contribution in [0.1, 0.15) is 24.5 Å². The van der Waals surface area contributed by atoms with Crippen molar-refractivity contribution in [3.8, 4) is 5.69 Å². The SMILES string of the molecule is O=C(Nc1cc(C2CC2)nn1-c1ccccc1)C1COCCO1. The molecule has 2 aliphatic rings. The second-order valence-corrected chi connectivity index (χ2v) is 5.90. The van der Waals surface area contributed by atoms with Crippen molar-refractivity contribution in [1.82, 2.24) is 9.78 Å². The first-order chi connectivity index (χ1) is 11.3. The van der Waals surface area contributed by atoms with Gasteiger partial charge in [0, 0.05) is 12.0 Å². The molecule has 0 radical (unpaired) electrons. The van der Waals surface area contributed by atoms with E-state index in [1.165, 1.54) is 12.8 Å². The lowest BCUT2D eigenvalue weighted by Crippen LogP contribution is -2.39. The molecule has 1 unspecified atom stereocenters. The first kappa shape index (κ1) is 14.4. The van der Waals surface area contributed by atoms with E-state index >= 15 is 0 Å². The molecule has 1 amide bonds. The van der Waals surface area contributed by atoms with E-state index < -0.39 is 6.10 Å². The van der Waals surface area contributed by atoms with Gasteiger partial charge in [-0.25, -0.2) is 4.68 Å². The van der Waals surface area contributed by atoms with Gasteiger partial charge in [-0.2, -0.15) is 5.10 Å². The Kier molecular flexibility index (Phi) is 3.85. The lowest BCUT2D eigenvalue weighted by molar-refractivity contribution is -0.142. The molecule has 2 aromatic rings. The number of benzene rings is 1. The molecule has 2 heterocycles. The Morgan fingerprint density at radius 2 is 2.04 bits per heavy atom. The molecular formula is C17H19N3O3. The molecule has 0 bridgehead atoms. The number of amides is 1. The molecule has 4 rings (SSSR count). The topological polar surface area (TPSA) is 65.4 Å². The molecule has 0 spiro atoms. The van der Waals surface area contributed by atoms with E-state index in [0.29, 0.717) is 31.6 Å². The summed E-state index contributed by atoms with van der Waals surface area (Å²) in [5, 5.41) is 7.61. The first-order valence-corrected chi connectivity index (χ1v) is 7.97. The number of hydrogen-bond acceptors (Lipinski definition) is 4. The summed E-state index contributed by atoms with van der Waals surface area (Å²) in [6.45, 7) is 1.28. The van der Waals surface area contributed by atoms with Gasteiger partial charge < -0.3 is 14.8 Å². The third-order valence-corrected chi connectivity index (χ3v) is 4.08. The van der Waals surface area contributed by atoms with Crippen molar-refractivity contribution >= 4 is 11.7 Å². The number of carbonyl (C=O) groups excluding carboxylic acids is 1. The number of aromatic nitrogens is 2. The largest absolute Gasteiger partial charge is 0.376 e. The zero-order valence-corrected chi connectivity index (χ0v) is 12.8. The fraction of sp³-hybridized carbons (Fsp3) is 0.412. The Labute approximate surface area is 134 Å². The summed E-state index contributed by atoms with van der Waals surface area (Å²) in [4.78, 5) is 12.4. The van der Waals surface area contributed by atoms with Gasteiger partial charge in [-0.05, 0) is 25.0 Å². The zero-order valence-electron chi connectivity index (χ0n) is 12.8. The van der Waals surface area contributed by atoms with Crippen LogP contribution < -0.4 is 5.32 Å². The summed E-state index contributed by atoms with van der Waals surface area (Å²) >= 11 is 0. The molecule has 6 heteroatoms. The predicted octanol–water partition coefficient (Wildman–Crippen LogP) is 2.10. The second kappa shape index (κ2) is 6.14. The first-order valence-electron chi connectivity index (χ1n) is 7.97. The number of nitrogens with zero attached hydrogens (tertiary/aromatic N) is 2. The van der Waals surface area contributed by atoms with Gasteiger partial charge in [0.15, 0.2) is 6.10 Å². The van der Waals surface area contributed by atoms with Crippen LogP contribution in [0.15, 0.2) is 36.4 Å². The van der Waals surface area contributed by atoms with Gasteiger partial charge in [-0.15, -0.1) is 0 Å². The molecular weight excluding hydrogens is 294 g/mol. The molecule has 1 aromatic carbocycles. The summed E-state index contributed by atoms with van der Waals surface area (Å²) in [6.07, 6.45) is 1.77. The minimum Gasteiger partial charge on any atom is -0.376 e. The van der Waals surface area contributed by atoms with E-state index in [4.69, 9.17) is 9.47 Å². The standard InChI is InChI=1S/C17H19N3O3/c21-17(15-11-22-8-9-23-15)18-16-10-14(12-6-7-12)19-20(16)13-4-2-1-3-5-13/h1-5,10,12,15H,6-9,11H2,(H,18,21). The Morgan fingerprint density at radius 1 is 1.22 bits per heavy atom. The highest BCUT2D eigenvalue weighted by Crippen LogP contribution is 2.40. The molecule has 1 aliphatic heterocycles. The summed E-state index contributed by atoms with van der Waals surface area (Å²) in [6, 6.07) is 11.8. The molecule has 1 saturated heterocycles. The van der Waals surface area contributed by atoms with Gasteiger partial charge in [0.1, 0.15) is 5.82 Å². The van der Waals surface area contributed by atoms with Crippen LogP contribution in [0.5, 0.6) is 0 Å². The number of rotatable bonds is 4. The molecule has 1 saturated carbocycles. The molecule has 1 aliphatic carbocycles. The minimum atomic E-state index is -0.563. The average Bonchev–Trinajstić information content (AvgIpc) is 3.38. The Morgan fingerprint density at radius 3 is 2.74 bits per heavy atom. The fourth-order valence-electron chi connectivity index (χ4n) is 2.68. The van der Waals surface area contributed by atoms with E-state index in [-0.39, 0.29) is 5.91 Å². The van der Waals surface area contributed by atoms with Crippen molar-refractivity contribution in [2.75, 3.05) is 25.1 Å². The molecule has 6 nitrogen and oxygen atoms in total. The van der Waals surface area contributed by atoms with Crippen molar-refractivity contribution < 1.29 is 14.3 Å². The molecule has 1 atom stereocenters. The summed E-state index contributed by atoms with van der Waals surface area (Å²) in [7, 11) is 0. The van der Waals surface area contributed by atoms with Crippen molar-refractivity contribution in [3.63, 3.8) is 0 Å². The highest BCUT2D eigenvalue weighted by atomic mass is 16.6. The van der Waals surface area contributed by atoms with Gasteiger partial charge in [0.2, 0.25) is 0 Å². The van der Waals surface area contributed by atoms with E-state index in [0.717, 1.165) is 11.4 Å². The number of ether oxygens (including phenoxy) is 2. The minimum absolute atomic E-state index is 0.191. The van der Waals surface area contributed by atoms with E-state index in [1.54, 1.807) is 4.68 Å². The Hall–Kier alpha value is -2.18. The van der Waals surface area contributed by atoms with Crippen LogP contribution in [0.2, 0.25) is 0 Å². The Balaban J connectivity index is 1.60. The van der Waals surface area contributed by atoms with Crippen LogP contribution >= 0.6 is 0 Å². The van der Waals surface area contributed by atoms with Crippen LogP contribution in [-0.2, 0) is 14.3 Å². The van der Waals surface area contributed by atoms with Crippen LogP contribution in [0.4, 0.5) is 5.82 Å². The van der Waals surface area contributed by atoms with E-state index in [2.05, 4.69) is 10.4 Å². The van der Waals surface area contributed by atoms with Crippen molar-refractivity contribution in [1.29, 1.82) is 0 Å². The number of hydrogen-bond donors (Lipinski definition) is 1. The van der Waals surface area contributed by atoms with Crippen LogP contribution in [0.25, 0.3) is 5.69 Å². The van der Waals surface area contributed by atoms with Crippen LogP contribution in [-0.4, -0.2) is 41.6 Å². The summed E-state index contributed by atoms with van der Waals surface area (Å²) in [5.41, 5.74) is 1.96. The van der Waals surface area contributed by atoms with Crippen molar-refractivity contribution in [3.05, 3.63) is 42.1 Å². The average molecular weight is 313 g/mol. The highest BCUT2D eigenvalue weighted by molar-refractivity contribution is 5.94. The predicted molar refractivity (Wildman–Crippen MR) is 84.7 cm³/mol. The van der Waals surface area contributed by atoms with Gasteiger partial charge in [0.25, 0.3) is 5.91 Å². The Bertz CT molecular complexity index is 688. The van der Waals surface area contributed by atoms with Crippen LogP contribution in [0, 0.1) is 0 Å². The van der Waals surface area contributed by atoms with Gasteiger partial charge >= 0.3 is 0 Å². The van der Waals surface area contributed by atoms with Gasteiger partial charge in [-0.3, -0.25) is 4.79 Å². The lowest BCUT2D eigenvalue weighted by Gasteiger charge is -2.22. The third kappa shape index (κ3) is 3.13. The maximum absolute atomic E-state index is 12.4. The summed E-state index contributed by atoms with van der Waals surface area (Å²) < 4.78 is 12.5. The molecule has 1 N–H and O–H groups in total. The third-order valence-electron chi connectivity index (χ3n) is 4.08. The number of carbonyl (C=O) groups is 1. The van der Waals surface area contributed by atoms with Crippen molar-refractivity contribution in [2.45, 2.75) is 24.9 Å². The number of para-hydroxylation sites is 1. The number of nitrogens with one attached hydrogen (secondary N) is 1. The van der Waals surface area contributed by atoms with Crippen molar-refractivity contribution in [2.24, 2.45) is 0 Å². The molecule has 120 valence electrons. The fourth-order valence-corrected chi connectivity index (χ4v) is 2.68. The highest BCUT2D eigenvalue weighted by Gasteiger charge is 2.29. The smallest absolute Gasteiger partial charge is 0.257 e. The molecule has 1 aromatic heterocycles. The normalized spacial score (nSPS) is 21.1. The maximum atomic E-state index is 12.4. The monoisotopic (exact) mass is 313 g/mol. The zero-order chi connectivity index (χ0) is 15.6. The lowest BCUT2D eigenvalue weighted by atomic mass is 10.3. The molecule has 2 fully saturated rings. The molecule has 23 heavy (non-hydrogen) atoms.